The lowest BCUT2D eigenvalue weighted by Crippen LogP contribution is -2.49. The van der Waals surface area contributed by atoms with Gasteiger partial charge in [0, 0.05) is 0 Å². The molecule has 0 aromatic heterocycles. The Morgan fingerprint density at radius 3 is 2.53 bits per heavy atom. The van der Waals surface area contributed by atoms with Crippen LogP contribution in [0.2, 0.25) is 0 Å². The van der Waals surface area contributed by atoms with Crippen LogP contribution in [-0.4, -0.2) is 16.9 Å². The molecule has 1 aliphatic heterocycles. The third-order valence-corrected chi connectivity index (χ3v) is 3.17. The second-order valence-electron chi connectivity index (χ2n) is 6.21. The number of rotatable bonds is 0. The number of anilines is 1. The molecule has 2 N–H and O–H groups in total. The third-order valence-electron chi connectivity index (χ3n) is 3.17. The largest absolute Gasteiger partial charge is 0.481 e. The highest BCUT2D eigenvalue weighted by molar-refractivity contribution is 5.60. The Kier molecular flexibility index (Phi) is 2.62. The van der Waals surface area contributed by atoms with Gasteiger partial charge in [0.25, 0.3) is 0 Å². The molecule has 1 heterocycles. The summed E-state index contributed by atoms with van der Waals surface area (Å²) in [5, 5.41) is 12.9. The van der Waals surface area contributed by atoms with Gasteiger partial charge < -0.3 is 15.2 Å². The number of benzene rings is 1. The van der Waals surface area contributed by atoms with Gasteiger partial charge in [-0.25, -0.2) is 0 Å². The molecule has 0 aliphatic carbocycles. The number of aliphatic hydroxyl groups excluding tert-OH is 1. The summed E-state index contributed by atoms with van der Waals surface area (Å²) in [5.41, 5.74) is 1.57. The SMILES string of the molecule is CC(C)(C)c1ccc2c(c1)OC(C)(C)C(O)N2. The van der Waals surface area contributed by atoms with E-state index < -0.39 is 11.8 Å². The summed E-state index contributed by atoms with van der Waals surface area (Å²) in [4.78, 5) is 0. The zero-order chi connectivity index (χ0) is 12.8. The van der Waals surface area contributed by atoms with Crippen molar-refractivity contribution in [3.8, 4) is 5.75 Å². The molecule has 0 spiro atoms. The average Bonchev–Trinajstić information content (AvgIpc) is 2.17. The van der Waals surface area contributed by atoms with Crippen LogP contribution in [0.3, 0.4) is 0 Å². The van der Waals surface area contributed by atoms with Crippen molar-refractivity contribution in [1.29, 1.82) is 0 Å². The van der Waals surface area contributed by atoms with Crippen LogP contribution in [0.25, 0.3) is 0 Å². The van der Waals surface area contributed by atoms with E-state index in [2.05, 4.69) is 38.2 Å². The number of fused-ring (bicyclic) bond motifs is 1. The Morgan fingerprint density at radius 1 is 1.29 bits per heavy atom. The molecule has 0 saturated heterocycles. The van der Waals surface area contributed by atoms with Gasteiger partial charge >= 0.3 is 0 Å². The van der Waals surface area contributed by atoms with E-state index in [-0.39, 0.29) is 5.41 Å². The van der Waals surface area contributed by atoms with Gasteiger partial charge in [-0.3, -0.25) is 0 Å². The van der Waals surface area contributed by atoms with E-state index in [1.165, 1.54) is 5.56 Å². The highest BCUT2D eigenvalue weighted by Crippen LogP contribution is 2.38. The van der Waals surface area contributed by atoms with Crippen LogP contribution in [0.5, 0.6) is 5.75 Å². The van der Waals surface area contributed by atoms with E-state index >= 15 is 0 Å². The minimum atomic E-state index is -0.685. The monoisotopic (exact) mass is 235 g/mol. The van der Waals surface area contributed by atoms with Crippen LogP contribution >= 0.6 is 0 Å². The summed E-state index contributed by atoms with van der Waals surface area (Å²) >= 11 is 0. The maximum Gasteiger partial charge on any atom is 0.164 e. The molecule has 0 amide bonds. The van der Waals surface area contributed by atoms with E-state index in [4.69, 9.17) is 4.74 Å². The first kappa shape index (κ1) is 12.2. The molecule has 3 nitrogen and oxygen atoms in total. The summed E-state index contributed by atoms with van der Waals surface area (Å²) in [7, 11) is 0. The lowest BCUT2D eigenvalue weighted by atomic mass is 9.86. The summed E-state index contributed by atoms with van der Waals surface area (Å²) in [6, 6.07) is 6.09. The minimum Gasteiger partial charge on any atom is -0.481 e. The second kappa shape index (κ2) is 3.64. The van der Waals surface area contributed by atoms with Crippen LogP contribution in [-0.2, 0) is 5.41 Å². The number of ether oxygens (including phenoxy) is 1. The Labute approximate surface area is 103 Å². The number of aliphatic hydroxyl groups is 1. The van der Waals surface area contributed by atoms with Crippen molar-refractivity contribution in [3.05, 3.63) is 23.8 Å². The lowest BCUT2D eigenvalue weighted by Gasteiger charge is -2.38. The van der Waals surface area contributed by atoms with E-state index in [0.29, 0.717) is 0 Å². The van der Waals surface area contributed by atoms with E-state index in [0.717, 1.165) is 11.4 Å². The van der Waals surface area contributed by atoms with Gasteiger partial charge in [0.1, 0.15) is 11.4 Å². The van der Waals surface area contributed by atoms with Crippen molar-refractivity contribution < 1.29 is 9.84 Å². The van der Waals surface area contributed by atoms with Gasteiger partial charge in [-0.15, -0.1) is 0 Å². The molecule has 0 fully saturated rings. The zero-order valence-corrected chi connectivity index (χ0v) is 11.2. The smallest absolute Gasteiger partial charge is 0.164 e. The Morgan fingerprint density at radius 2 is 1.94 bits per heavy atom. The molecule has 0 bridgehead atoms. The first-order valence-corrected chi connectivity index (χ1v) is 5.98. The van der Waals surface area contributed by atoms with Crippen molar-refractivity contribution in [1.82, 2.24) is 0 Å². The minimum absolute atomic E-state index is 0.0958. The van der Waals surface area contributed by atoms with Crippen molar-refractivity contribution in [2.45, 2.75) is 51.9 Å². The molecular weight excluding hydrogens is 214 g/mol. The van der Waals surface area contributed by atoms with E-state index in [9.17, 15) is 5.11 Å². The van der Waals surface area contributed by atoms with Gasteiger partial charge in [0.15, 0.2) is 6.23 Å². The van der Waals surface area contributed by atoms with Gasteiger partial charge in [-0.2, -0.15) is 0 Å². The van der Waals surface area contributed by atoms with E-state index in [1.54, 1.807) is 0 Å². The fraction of sp³-hybridized carbons (Fsp3) is 0.571. The first-order valence-electron chi connectivity index (χ1n) is 5.98. The highest BCUT2D eigenvalue weighted by Gasteiger charge is 2.35. The molecule has 1 aliphatic rings. The van der Waals surface area contributed by atoms with Crippen LogP contribution in [0.1, 0.15) is 40.2 Å². The van der Waals surface area contributed by atoms with Crippen LogP contribution in [0.15, 0.2) is 18.2 Å². The van der Waals surface area contributed by atoms with E-state index in [1.807, 2.05) is 19.9 Å². The number of nitrogens with one attached hydrogen (secondary N) is 1. The van der Waals surface area contributed by atoms with Crippen LogP contribution < -0.4 is 10.1 Å². The lowest BCUT2D eigenvalue weighted by molar-refractivity contribution is -0.0210. The fourth-order valence-electron chi connectivity index (χ4n) is 1.85. The van der Waals surface area contributed by atoms with Gasteiger partial charge in [0.2, 0.25) is 0 Å². The summed E-state index contributed by atoms with van der Waals surface area (Å²) in [5.74, 6) is 0.813. The average molecular weight is 235 g/mol. The Balaban J connectivity index is 2.41. The molecule has 3 heteroatoms. The van der Waals surface area contributed by atoms with Crippen LogP contribution in [0, 0.1) is 0 Å². The van der Waals surface area contributed by atoms with Crippen molar-refractivity contribution >= 4 is 5.69 Å². The summed E-state index contributed by atoms with van der Waals surface area (Å²) in [6.07, 6.45) is -0.685. The van der Waals surface area contributed by atoms with Gasteiger partial charge in [0.05, 0.1) is 5.69 Å². The maximum absolute atomic E-state index is 9.88. The summed E-state index contributed by atoms with van der Waals surface area (Å²) in [6.45, 7) is 10.3. The molecule has 1 aromatic rings. The van der Waals surface area contributed by atoms with Crippen LogP contribution in [0.4, 0.5) is 5.69 Å². The summed E-state index contributed by atoms with van der Waals surface area (Å²) < 4.78 is 5.85. The Bertz CT molecular complexity index is 432. The fourth-order valence-corrected chi connectivity index (χ4v) is 1.85. The van der Waals surface area contributed by atoms with Crippen molar-refractivity contribution in [3.63, 3.8) is 0 Å². The molecule has 0 saturated carbocycles. The van der Waals surface area contributed by atoms with Gasteiger partial charge in [-0.1, -0.05) is 26.8 Å². The predicted octanol–water partition coefficient (Wildman–Crippen LogP) is 2.89. The topological polar surface area (TPSA) is 41.5 Å². The molecule has 1 unspecified atom stereocenters. The first-order chi connectivity index (χ1) is 7.70. The molecule has 2 rings (SSSR count). The third kappa shape index (κ3) is 2.25. The number of hydrogen-bond donors (Lipinski definition) is 2. The maximum atomic E-state index is 9.88. The normalized spacial score (nSPS) is 22.4. The molecule has 0 radical (unpaired) electrons. The second-order valence-corrected chi connectivity index (χ2v) is 6.21. The predicted molar refractivity (Wildman–Crippen MR) is 69.5 cm³/mol. The molecule has 94 valence electrons. The molecular formula is C14H21NO2. The quantitative estimate of drug-likeness (QED) is 0.726. The Hall–Kier alpha value is -1.22. The molecule has 1 aromatic carbocycles. The van der Waals surface area contributed by atoms with Gasteiger partial charge in [-0.05, 0) is 37.0 Å². The van der Waals surface area contributed by atoms with Crippen molar-refractivity contribution in [2.24, 2.45) is 0 Å². The zero-order valence-electron chi connectivity index (χ0n) is 11.2. The van der Waals surface area contributed by atoms with Crippen molar-refractivity contribution in [2.75, 3.05) is 5.32 Å². The number of hydrogen-bond acceptors (Lipinski definition) is 3. The molecule has 1 atom stereocenters. The molecule has 17 heavy (non-hydrogen) atoms. The standard InChI is InChI=1S/C14H21NO2/c1-13(2,3)9-6-7-10-11(8-9)17-14(4,5)12(16)15-10/h6-8,12,15-16H,1-5H3. The highest BCUT2D eigenvalue weighted by atomic mass is 16.5.